The zero-order chi connectivity index (χ0) is 15.8. The van der Waals surface area contributed by atoms with Crippen LogP contribution in [0.4, 0.5) is 0 Å². The molecule has 0 amide bonds. The molecular formula is C17H26N2O3. The molecule has 2 rings (SSSR count). The van der Waals surface area contributed by atoms with Crippen LogP contribution in [0.1, 0.15) is 24.2 Å². The molecule has 1 saturated heterocycles. The quantitative estimate of drug-likeness (QED) is 0.686. The van der Waals surface area contributed by atoms with Crippen molar-refractivity contribution in [3.05, 3.63) is 23.8 Å². The van der Waals surface area contributed by atoms with Crippen molar-refractivity contribution in [2.75, 3.05) is 52.5 Å². The molecule has 5 heteroatoms. The second-order valence-electron chi connectivity index (χ2n) is 5.38. The van der Waals surface area contributed by atoms with Crippen LogP contribution >= 0.6 is 0 Å². The van der Waals surface area contributed by atoms with Crippen molar-refractivity contribution in [3.8, 4) is 11.5 Å². The Bertz CT molecular complexity index is 471. The van der Waals surface area contributed by atoms with Crippen molar-refractivity contribution in [3.63, 3.8) is 0 Å². The summed E-state index contributed by atoms with van der Waals surface area (Å²) in [7, 11) is 0. The van der Waals surface area contributed by atoms with E-state index in [1.165, 1.54) is 0 Å². The molecule has 0 atom stereocenters. The third-order valence-corrected chi connectivity index (χ3v) is 3.98. The van der Waals surface area contributed by atoms with Gasteiger partial charge in [-0.15, -0.1) is 0 Å². The van der Waals surface area contributed by atoms with Gasteiger partial charge in [-0.2, -0.15) is 0 Å². The fourth-order valence-corrected chi connectivity index (χ4v) is 2.60. The number of ether oxygens (including phenoxy) is 2. The van der Waals surface area contributed by atoms with E-state index in [2.05, 4.69) is 16.7 Å². The summed E-state index contributed by atoms with van der Waals surface area (Å²) in [4.78, 5) is 15.7. The fourth-order valence-electron chi connectivity index (χ4n) is 2.60. The Morgan fingerprint density at radius 1 is 1.05 bits per heavy atom. The predicted molar refractivity (Wildman–Crippen MR) is 87.0 cm³/mol. The van der Waals surface area contributed by atoms with Crippen molar-refractivity contribution in [2.45, 2.75) is 13.8 Å². The minimum absolute atomic E-state index is 0.553. The molecule has 1 aromatic rings. The number of rotatable bonds is 8. The molecular weight excluding hydrogens is 280 g/mol. The van der Waals surface area contributed by atoms with Gasteiger partial charge in [-0.1, -0.05) is 6.92 Å². The van der Waals surface area contributed by atoms with Crippen LogP contribution in [0.25, 0.3) is 0 Å². The lowest BCUT2D eigenvalue weighted by Gasteiger charge is -2.33. The van der Waals surface area contributed by atoms with Gasteiger partial charge in [-0.05, 0) is 31.7 Å². The molecule has 0 bridgehead atoms. The first-order valence-corrected chi connectivity index (χ1v) is 8.06. The monoisotopic (exact) mass is 306 g/mol. The molecule has 1 aliphatic rings. The molecule has 0 N–H and O–H groups in total. The number of carbonyl (C=O) groups is 1. The molecule has 1 fully saturated rings. The molecule has 0 aromatic heterocycles. The van der Waals surface area contributed by atoms with E-state index in [1.807, 2.05) is 13.0 Å². The van der Waals surface area contributed by atoms with Gasteiger partial charge in [0, 0.05) is 38.3 Å². The average molecular weight is 306 g/mol. The minimum Gasteiger partial charge on any atom is -0.490 e. The molecule has 1 heterocycles. The van der Waals surface area contributed by atoms with Gasteiger partial charge in [0.1, 0.15) is 12.9 Å². The molecule has 122 valence electrons. The number of aldehydes is 1. The van der Waals surface area contributed by atoms with Crippen LogP contribution in [0.2, 0.25) is 0 Å². The lowest BCUT2D eigenvalue weighted by atomic mass is 10.2. The van der Waals surface area contributed by atoms with E-state index in [1.54, 1.807) is 12.1 Å². The second-order valence-corrected chi connectivity index (χ2v) is 5.38. The summed E-state index contributed by atoms with van der Waals surface area (Å²) < 4.78 is 11.4. The topological polar surface area (TPSA) is 42.0 Å². The Kier molecular flexibility index (Phi) is 6.68. The van der Waals surface area contributed by atoms with Crippen molar-refractivity contribution < 1.29 is 14.3 Å². The molecule has 0 unspecified atom stereocenters. The SMILES string of the molecule is CCOc1cc(C=O)ccc1OCCN1CCN(CC)CC1. The summed E-state index contributed by atoms with van der Waals surface area (Å²) in [5, 5.41) is 0. The van der Waals surface area contributed by atoms with E-state index in [-0.39, 0.29) is 0 Å². The molecule has 5 nitrogen and oxygen atoms in total. The highest BCUT2D eigenvalue weighted by Crippen LogP contribution is 2.28. The third kappa shape index (κ3) is 4.71. The first-order chi connectivity index (χ1) is 10.8. The van der Waals surface area contributed by atoms with Gasteiger partial charge in [0.05, 0.1) is 6.61 Å². The smallest absolute Gasteiger partial charge is 0.161 e. The highest BCUT2D eigenvalue weighted by Gasteiger charge is 2.15. The molecule has 22 heavy (non-hydrogen) atoms. The number of hydrogen-bond donors (Lipinski definition) is 0. The Hall–Kier alpha value is -1.59. The van der Waals surface area contributed by atoms with Crippen molar-refractivity contribution in [1.82, 2.24) is 9.80 Å². The first-order valence-electron chi connectivity index (χ1n) is 8.06. The molecule has 0 aliphatic carbocycles. The summed E-state index contributed by atoms with van der Waals surface area (Å²) in [6.07, 6.45) is 0.819. The average Bonchev–Trinajstić information content (AvgIpc) is 2.57. The van der Waals surface area contributed by atoms with Crippen LogP contribution in [-0.4, -0.2) is 68.6 Å². The highest BCUT2D eigenvalue weighted by molar-refractivity contribution is 5.76. The van der Waals surface area contributed by atoms with Crippen LogP contribution in [0.5, 0.6) is 11.5 Å². The Morgan fingerprint density at radius 3 is 2.41 bits per heavy atom. The number of benzene rings is 1. The van der Waals surface area contributed by atoms with Crippen LogP contribution in [-0.2, 0) is 0 Å². The van der Waals surface area contributed by atoms with Gasteiger partial charge < -0.3 is 14.4 Å². The maximum Gasteiger partial charge on any atom is 0.161 e. The van der Waals surface area contributed by atoms with E-state index >= 15 is 0 Å². The third-order valence-electron chi connectivity index (χ3n) is 3.98. The lowest BCUT2D eigenvalue weighted by molar-refractivity contribution is 0.112. The van der Waals surface area contributed by atoms with Gasteiger partial charge in [-0.3, -0.25) is 9.69 Å². The van der Waals surface area contributed by atoms with Crippen LogP contribution in [0.3, 0.4) is 0 Å². The van der Waals surface area contributed by atoms with E-state index in [4.69, 9.17) is 9.47 Å². The summed E-state index contributed by atoms with van der Waals surface area (Å²) >= 11 is 0. The number of hydrogen-bond acceptors (Lipinski definition) is 5. The van der Waals surface area contributed by atoms with Crippen molar-refractivity contribution >= 4 is 6.29 Å². The maximum absolute atomic E-state index is 10.8. The standard InChI is InChI=1S/C17H26N2O3/c1-3-18-7-9-19(10-8-18)11-12-22-16-6-5-15(14-20)13-17(16)21-4-2/h5-6,13-14H,3-4,7-12H2,1-2H3. The normalized spacial score (nSPS) is 16.5. The maximum atomic E-state index is 10.8. The molecule has 0 saturated carbocycles. The lowest BCUT2D eigenvalue weighted by Crippen LogP contribution is -2.47. The number of carbonyl (C=O) groups excluding carboxylic acids is 1. The van der Waals surface area contributed by atoms with Gasteiger partial charge >= 0.3 is 0 Å². The summed E-state index contributed by atoms with van der Waals surface area (Å²) in [6, 6.07) is 5.29. The van der Waals surface area contributed by atoms with Crippen molar-refractivity contribution in [2.24, 2.45) is 0 Å². The molecule has 1 aliphatic heterocycles. The largest absolute Gasteiger partial charge is 0.490 e. The second kappa shape index (κ2) is 8.76. The predicted octanol–water partition coefficient (Wildman–Crippen LogP) is 1.91. The molecule has 1 aromatic carbocycles. The summed E-state index contributed by atoms with van der Waals surface area (Å²) in [6.45, 7) is 11.8. The minimum atomic E-state index is 0.553. The van der Waals surface area contributed by atoms with E-state index in [9.17, 15) is 4.79 Å². The van der Waals surface area contributed by atoms with Gasteiger partial charge in [0.25, 0.3) is 0 Å². The fraction of sp³-hybridized carbons (Fsp3) is 0.588. The highest BCUT2D eigenvalue weighted by atomic mass is 16.5. The van der Waals surface area contributed by atoms with E-state index in [0.717, 1.165) is 45.6 Å². The zero-order valence-electron chi connectivity index (χ0n) is 13.6. The van der Waals surface area contributed by atoms with Gasteiger partial charge in [-0.25, -0.2) is 0 Å². The summed E-state index contributed by atoms with van der Waals surface area (Å²) in [5.41, 5.74) is 0.603. The van der Waals surface area contributed by atoms with E-state index < -0.39 is 0 Å². The summed E-state index contributed by atoms with van der Waals surface area (Å²) in [5.74, 6) is 1.35. The van der Waals surface area contributed by atoms with Crippen LogP contribution in [0, 0.1) is 0 Å². The number of likely N-dealkylation sites (N-methyl/N-ethyl adjacent to an activating group) is 1. The Morgan fingerprint density at radius 2 is 1.77 bits per heavy atom. The molecule has 0 radical (unpaired) electrons. The first kappa shape index (κ1) is 16.8. The van der Waals surface area contributed by atoms with Crippen LogP contribution in [0.15, 0.2) is 18.2 Å². The number of piperazine rings is 1. The van der Waals surface area contributed by atoms with Gasteiger partial charge in [0.2, 0.25) is 0 Å². The Labute approximate surface area is 132 Å². The van der Waals surface area contributed by atoms with Crippen LogP contribution < -0.4 is 9.47 Å². The number of nitrogens with zero attached hydrogens (tertiary/aromatic N) is 2. The van der Waals surface area contributed by atoms with Crippen molar-refractivity contribution in [1.29, 1.82) is 0 Å². The molecule has 0 spiro atoms. The Balaban J connectivity index is 1.82. The van der Waals surface area contributed by atoms with E-state index in [0.29, 0.717) is 30.3 Å². The van der Waals surface area contributed by atoms with Gasteiger partial charge in [0.15, 0.2) is 11.5 Å². The zero-order valence-corrected chi connectivity index (χ0v) is 13.6.